The average molecular weight is 305 g/mol. The number of benzene rings is 1. The zero-order valence-electron chi connectivity index (χ0n) is 12.0. The Hall–Kier alpha value is -2.01. The lowest BCUT2D eigenvalue weighted by molar-refractivity contribution is 0.415. The molecule has 1 fully saturated rings. The Bertz CT molecular complexity index is 658. The van der Waals surface area contributed by atoms with Crippen LogP contribution in [-0.2, 0) is 0 Å². The number of methoxy groups -OCH3 is 1. The summed E-state index contributed by atoms with van der Waals surface area (Å²) >= 11 is 6.14. The van der Waals surface area contributed by atoms with E-state index in [-0.39, 0.29) is 0 Å². The summed E-state index contributed by atoms with van der Waals surface area (Å²) in [6, 6.07) is 7.43. The van der Waals surface area contributed by atoms with E-state index in [1.165, 1.54) is 12.8 Å². The van der Waals surface area contributed by atoms with Gasteiger partial charge in [0.25, 0.3) is 0 Å². The summed E-state index contributed by atoms with van der Waals surface area (Å²) in [6.45, 7) is 0. The van der Waals surface area contributed by atoms with Gasteiger partial charge in [-0.25, -0.2) is 9.97 Å². The van der Waals surface area contributed by atoms with Gasteiger partial charge in [-0.3, -0.25) is 0 Å². The summed E-state index contributed by atoms with van der Waals surface area (Å²) in [7, 11) is 3.45. The Kier molecular flexibility index (Phi) is 3.84. The lowest BCUT2D eigenvalue weighted by Crippen LogP contribution is -2.03. The van der Waals surface area contributed by atoms with Crippen LogP contribution in [0, 0.1) is 0 Å². The number of rotatable bonds is 5. The molecule has 1 aromatic carbocycles. The minimum atomic E-state index is 0.498. The van der Waals surface area contributed by atoms with Crippen LogP contribution in [0.15, 0.2) is 24.3 Å². The van der Waals surface area contributed by atoms with Crippen molar-refractivity contribution in [3.05, 3.63) is 35.1 Å². The van der Waals surface area contributed by atoms with Crippen molar-refractivity contribution < 1.29 is 4.74 Å². The highest BCUT2D eigenvalue weighted by atomic mass is 35.5. The van der Waals surface area contributed by atoms with Crippen LogP contribution in [0.3, 0.4) is 0 Å². The second-order valence-electron chi connectivity index (χ2n) is 5.00. The molecule has 1 saturated carbocycles. The topological polar surface area (TPSA) is 59.1 Å². The number of aromatic nitrogens is 2. The van der Waals surface area contributed by atoms with Crippen LogP contribution >= 0.6 is 11.6 Å². The maximum Gasteiger partial charge on any atom is 0.137 e. The van der Waals surface area contributed by atoms with E-state index in [9.17, 15) is 0 Å². The standard InChI is InChI=1S/C15H17ClN4O/c1-17-13-8-14(20-15(19-13)9-3-4-9)18-10-5-6-12(21-2)11(16)7-10/h5-9H,3-4H2,1-2H3,(H2,17,18,19,20). The monoisotopic (exact) mass is 304 g/mol. The molecule has 0 aliphatic heterocycles. The molecular formula is C15H17ClN4O. The third-order valence-corrected chi connectivity index (χ3v) is 3.66. The molecule has 110 valence electrons. The highest BCUT2D eigenvalue weighted by molar-refractivity contribution is 6.32. The summed E-state index contributed by atoms with van der Waals surface area (Å²) in [5, 5.41) is 6.89. The van der Waals surface area contributed by atoms with E-state index in [1.54, 1.807) is 7.11 Å². The molecular weight excluding hydrogens is 288 g/mol. The van der Waals surface area contributed by atoms with Crippen LogP contribution in [0.2, 0.25) is 5.02 Å². The van der Waals surface area contributed by atoms with E-state index in [0.717, 1.165) is 23.1 Å². The van der Waals surface area contributed by atoms with Crippen molar-refractivity contribution in [3.63, 3.8) is 0 Å². The smallest absolute Gasteiger partial charge is 0.137 e. The molecule has 0 amide bonds. The van der Waals surface area contributed by atoms with Gasteiger partial charge in [0.15, 0.2) is 0 Å². The Balaban J connectivity index is 1.86. The Morgan fingerprint density at radius 2 is 1.95 bits per heavy atom. The predicted molar refractivity (Wildman–Crippen MR) is 84.8 cm³/mol. The van der Waals surface area contributed by atoms with Crippen molar-refractivity contribution in [2.75, 3.05) is 24.8 Å². The van der Waals surface area contributed by atoms with E-state index < -0.39 is 0 Å². The van der Waals surface area contributed by atoms with Crippen LogP contribution in [0.25, 0.3) is 0 Å². The number of ether oxygens (including phenoxy) is 1. The van der Waals surface area contributed by atoms with Crippen LogP contribution in [0.1, 0.15) is 24.6 Å². The number of hydrogen-bond donors (Lipinski definition) is 2. The van der Waals surface area contributed by atoms with Crippen molar-refractivity contribution in [1.82, 2.24) is 9.97 Å². The molecule has 0 bridgehead atoms. The summed E-state index contributed by atoms with van der Waals surface area (Å²) < 4.78 is 5.15. The molecule has 21 heavy (non-hydrogen) atoms. The van der Waals surface area contributed by atoms with Crippen LogP contribution < -0.4 is 15.4 Å². The molecule has 2 N–H and O–H groups in total. The molecule has 6 heteroatoms. The molecule has 0 saturated heterocycles. The third kappa shape index (κ3) is 3.19. The molecule has 0 spiro atoms. The second-order valence-corrected chi connectivity index (χ2v) is 5.40. The third-order valence-electron chi connectivity index (χ3n) is 3.37. The molecule has 1 aliphatic carbocycles. The minimum Gasteiger partial charge on any atom is -0.495 e. The SMILES string of the molecule is CNc1cc(Nc2ccc(OC)c(Cl)c2)nc(C2CC2)n1. The van der Waals surface area contributed by atoms with E-state index >= 15 is 0 Å². The number of halogens is 1. The molecule has 1 heterocycles. The number of nitrogens with one attached hydrogen (secondary N) is 2. The van der Waals surface area contributed by atoms with Crippen molar-refractivity contribution in [1.29, 1.82) is 0 Å². The fourth-order valence-corrected chi connectivity index (χ4v) is 2.33. The first-order valence-corrected chi connectivity index (χ1v) is 7.24. The van der Waals surface area contributed by atoms with Crippen LogP contribution in [-0.4, -0.2) is 24.1 Å². The molecule has 0 radical (unpaired) electrons. The van der Waals surface area contributed by atoms with Crippen molar-refractivity contribution in [2.24, 2.45) is 0 Å². The lowest BCUT2D eigenvalue weighted by Gasteiger charge is -2.11. The van der Waals surface area contributed by atoms with Gasteiger partial charge in [0.1, 0.15) is 23.2 Å². The summed E-state index contributed by atoms with van der Waals surface area (Å²) in [5.74, 6) is 3.62. The molecule has 3 rings (SSSR count). The quantitative estimate of drug-likeness (QED) is 0.880. The largest absolute Gasteiger partial charge is 0.495 e. The summed E-state index contributed by atoms with van der Waals surface area (Å²) in [6.07, 6.45) is 2.34. The normalized spacial score (nSPS) is 13.9. The molecule has 0 atom stereocenters. The maximum absolute atomic E-state index is 6.14. The Morgan fingerprint density at radius 1 is 1.19 bits per heavy atom. The first-order valence-electron chi connectivity index (χ1n) is 6.87. The maximum atomic E-state index is 6.14. The number of nitrogens with zero attached hydrogens (tertiary/aromatic N) is 2. The minimum absolute atomic E-state index is 0.498. The average Bonchev–Trinajstić information content (AvgIpc) is 3.32. The van der Waals surface area contributed by atoms with Crippen LogP contribution in [0.4, 0.5) is 17.3 Å². The highest BCUT2D eigenvalue weighted by Crippen LogP contribution is 2.39. The van der Waals surface area contributed by atoms with Gasteiger partial charge in [0.2, 0.25) is 0 Å². The van der Waals surface area contributed by atoms with Gasteiger partial charge >= 0.3 is 0 Å². The molecule has 0 unspecified atom stereocenters. The van der Waals surface area contributed by atoms with Gasteiger partial charge in [-0.2, -0.15) is 0 Å². The second kappa shape index (κ2) is 5.77. The van der Waals surface area contributed by atoms with Gasteiger partial charge in [0, 0.05) is 24.7 Å². The van der Waals surface area contributed by atoms with E-state index in [1.807, 2.05) is 31.3 Å². The highest BCUT2D eigenvalue weighted by Gasteiger charge is 2.27. The van der Waals surface area contributed by atoms with Crippen molar-refractivity contribution in [2.45, 2.75) is 18.8 Å². The molecule has 5 nitrogen and oxygen atoms in total. The van der Waals surface area contributed by atoms with E-state index in [0.29, 0.717) is 16.7 Å². The van der Waals surface area contributed by atoms with Crippen molar-refractivity contribution in [3.8, 4) is 5.75 Å². The zero-order chi connectivity index (χ0) is 14.8. The first-order chi connectivity index (χ1) is 10.2. The number of anilines is 3. The molecule has 2 aromatic rings. The van der Waals surface area contributed by atoms with Gasteiger partial charge < -0.3 is 15.4 Å². The predicted octanol–water partition coefficient (Wildman–Crippen LogP) is 3.80. The van der Waals surface area contributed by atoms with E-state index in [4.69, 9.17) is 16.3 Å². The van der Waals surface area contributed by atoms with Crippen molar-refractivity contribution >= 4 is 28.9 Å². The first kappa shape index (κ1) is 13.9. The summed E-state index contributed by atoms with van der Waals surface area (Å²) in [5.41, 5.74) is 0.864. The molecule has 1 aliphatic rings. The zero-order valence-corrected chi connectivity index (χ0v) is 12.7. The van der Waals surface area contributed by atoms with Gasteiger partial charge in [-0.1, -0.05) is 11.6 Å². The van der Waals surface area contributed by atoms with Crippen LogP contribution in [0.5, 0.6) is 5.75 Å². The number of hydrogen-bond acceptors (Lipinski definition) is 5. The van der Waals surface area contributed by atoms with E-state index in [2.05, 4.69) is 20.6 Å². The van der Waals surface area contributed by atoms with Gasteiger partial charge in [0.05, 0.1) is 12.1 Å². The lowest BCUT2D eigenvalue weighted by atomic mass is 10.3. The van der Waals surface area contributed by atoms with Gasteiger partial charge in [-0.15, -0.1) is 0 Å². The molecule has 1 aromatic heterocycles. The fraction of sp³-hybridized carbons (Fsp3) is 0.333. The van der Waals surface area contributed by atoms with Gasteiger partial charge in [-0.05, 0) is 31.0 Å². The summed E-state index contributed by atoms with van der Waals surface area (Å²) in [4.78, 5) is 9.07. The Morgan fingerprint density at radius 3 is 2.57 bits per heavy atom. The Labute approximate surface area is 128 Å². The fourth-order valence-electron chi connectivity index (χ4n) is 2.07.